The van der Waals surface area contributed by atoms with Gasteiger partial charge in [-0.25, -0.2) is 0 Å². The number of benzene rings is 2. The van der Waals surface area contributed by atoms with E-state index in [1.807, 2.05) is 24.3 Å². The molecular weight excluding hydrogens is 248 g/mol. The average Bonchev–Trinajstić information content (AvgIpc) is 2.54. The Morgan fingerprint density at radius 3 is 1.70 bits per heavy atom. The fourth-order valence-electron chi connectivity index (χ4n) is 4.05. The number of carbonyl (C=O) groups is 2. The highest BCUT2D eigenvalue weighted by molar-refractivity contribution is 5.89. The van der Waals surface area contributed by atoms with Gasteiger partial charge < -0.3 is 9.59 Å². The molecule has 0 saturated carbocycles. The second-order valence-electron chi connectivity index (χ2n) is 5.80. The van der Waals surface area contributed by atoms with Gasteiger partial charge >= 0.3 is 0 Å². The van der Waals surface area contributed by atoms with E-state index in [1.54, 1.807) is 0 Å². The van der Waals surface area contributed by atoms with Crippen molar-refractivity contribution in [1.82, 2.24) is 0 Å². The number of carbonyl (C=O) groups excluding carboxylic acids is 2. The molecule has 0 spiro atoms. The molecule has 0 aromatic heterocycles. The standard InChI is InChI=1S/C18H14O2/c19-10-18(11-20)9-16-12-5-1-3-7-14(12)17(18)15-8-4-2-6-13(15)16/h1-8,10-11,16-17H,9H2. The third-order valence-electron chi connectivity index (χ3n) is 4.90. The van der Waals surface area contributed by atoms with Crippen LogP contribution in [0.1, 0.15) is 40.5 Å². The molecule has 0 aliphatic heterocycles. The van der Waals surface area contributed by atoms with Gasteiger partial charge in [0.25, 0.3) is 0 Å². The Kier molecular flexibility index (Phi) is 2.25. The van der Waals surface area contributed by atoms with E-state index in [1.165, 1.54) is 11.1 Å². The Morgan fingerprint density at radius 1 is 0.800 bits per heavy atom. The van der Waals surface area contributed by atoms with Crippen molar-refractivity contribution in [3.05, 3.63) is 70.8 Å². The number of aldehydes is 2. The Morgan fingerprint density at radius 2 is 1.25 bits per heavy atom. The Bertz CT molecular complexity index is 661. The van der Waals surface area contributed by atoms with Gasteiger partial charge in [0, 0.05) is 11.8 Å². The lowest BCUT2D eigenvalue weighted by Gasteiger charge is -2.48. The summed E-state index contributed by atoms with van der Waals surface area (Å²) in [6, 6.07) is 16.4. The minimum absolute atomic E-state index is 0.130. The average molecular weight is 262 g/mol. The molecule has 2 heteroatoms. The van der Waals surface area contributed by atoms with Crippen LogP contribution in [-0.2, 0) is 9.59 Å². The fourth-order valence-corrected chi connectivity index (χ4v) is 4.05. The quantitative estimate of drug-likeness (QED) is 0.615. The van der Waals surface area contributed by atoms with Gasteiger partial charge in [-0.2, -0.15) is 0 Å². The van der Waals surface area contributed by atoms with Crippen molar-refractivity contribution in [2.75, 3.05) is 0 Å². The first-order valence-electron chi connectivity index (χ1n) is 6.91. The summed E-state index contributed by atoms with van der Waals surface area (Å²) in [5, 5.41) is 0. The largest absolute Gasteiger partial charge is 0.302 e. The van der Waals surface area contributed by atoms with E-state index in [2.05, 4.69) is 24.3 Å². The van der Waals surface area contributed by atoms with Crippen LogP contribution >= 0.6 is 0 Å². The minimum Gasteiger partial charge on any atom is -0.302 e. The van der Waals surface area contributed by atoms with Crippen LogP contribution in [0, 0.1) is 5.41 Å². The first kappa shape index (κ1) is 11.6. The number of hydrogen-bond acceptors (Lipinski definition) is 2. The van der Waals surface area contributed by atoms with E-state index in [0.29, 0.717) is 6.42 Å². The molecule has 0 heterocycles. The Balaban J connectivity index is 2.07. The van der Waals surface area contributed by atoms with Crippen LogP contribution in [0.5, 0.6) is 0 Å². The molecule has 0 amide bonds. The predicted molar refractivity (Wildman–Crippen MR) is 75.7 cm³/mol. The molecule has 0 N–H and O–H groups in total. The van der Waals surface area contributed by atoms with Gasteiger partial charge in [0.05, 0.1) is 5.41 Å². The van der Waals surface area contributed by atoms with Crippen LogP contribution in [0.15, 0.2) is 48.5 Å². The molecule has 0 fully saturated rings. The zero-order chi connectivity index (χ0) is 13.7. The summed E-state index contributed by atoms with van der Waals surface area (Å²) in [7, 11) is 0. The maximum atomic E-state index is 11.7. The van der Waals surface area contributed by atoms with Crippen LogP contribution < -0.4 is 0 Å². The highest BCUT2D eigenvalue weighted by Crippen LogP contribution is 2.59. The Hall–Kier alpha value is -2.22. The molecule has 0 radical (unpaired) electrons. The van der Waals surface area contributed by atoms with Gasteiger partial charge in [-0.1, -0.05) is 48.5 Å². The lowest BCUT2D eigenvalue weighted by Crippen LogP contribution is -2.43. The lowest BCUT2D eigenvalue weighted by atomic mass is 9.53. The third-order valence-corrected chi connectivity index (χ3v) is 4.90. The molecule has 98 valence electrons. The molecule has 3 aliphatic carbocycles. The van der Waals surface area contributed by atoms with Crippen LogP contribution in [0.4, 0.5) is 0 Å². The third kappa shape index (κ3) is 1.24. The van der Waals surface area contributed by atoms with Crippen molar-refractivity contribution >= 4 is 12.6 Å². The molecule has 2 aromatic carbocycles. The number of fused-ring (bicyclic) bond motifs is 1. The maximum absolute atomic E-state index is 11.7. The fraction of sp³-hybridized carbons (Fsp3) is 0.222. The molecule has 0 saturated heterocycles. The van der Waals surface area contributed by atoms with E-state index < -0.39 is 5.41 Å². The number of rotatable bonds is 2. The summed E-state index contributed by atoms with van der Waals surface area (Å²) >= 11 is 0. The minimum atomic E-state index is -0.895. The molecular formula is C18H14O2. The summed E-state index contributed by atoms with van der Waals surface area (Å²) in [5.41, 5.74) is 3.93. The Labute approximate surface area is 117 Å². The van der Waals surface area contributed by atoms with E-state index >= 15 is 0 Å². The van der Waals surface area contributed by atoms with Crippen molar-refractivity contribution < 1.29 is 9.59 Å². The maximum Gasteiger partial charge on any atom is 0.134 e. The van der Waals surface area contributed by atoms with Gasteiger partial charge in [0.1, 0.15) is 12.6 Å². The van der Waals surface area contributed by atoms with Crippen LogP contribution in [0.25, 0.3) is 0 Å². The molecule has 0 atom stereocenters. The first-order chi connectivity index (χ1) is 9.80. The van der Waals surface area contributed by atoms with E-state index in [4.69, 9.17) is 0 Å². The predicted octanol–water partition coefficient (Wildman–Crippen LogP) is 3.05. The highest BCUT2D eigenvalue weighted by Gasteiger charge is 2.52. The SMILES string of the molecule is O=CC1(C=O)CC2c3ccccc3C1c1ccccc12. The van der Waals surface area contributed by atoms with Crippen molar-refractivity contribution in [3.8, 4) is 0 Å². The number of hydrogen-bond donors (Lipinski definition) is 0. The summed E-state index contributed by atoms with van der Waals surface area (Å²) in [6.45, 7) is 0. The molecule has 5 rings (SSSR count). The van der Waals surface area contributed by atoms with Crippen molar-refractivity contribution in [3.63, 3.8) is 0 Å². The topological polar surface area (TPSA) is 34.1 Å². The summed E-state index contributed by atoms with van der Waals surface area (Å²) in [6.07, 6.45) is 2.33. The van der Waals surface area contributed by atoms with Gasteiger partial charge in [-0.15, -0.1) is 0 Å². The van der Waals surface area contributed by atoms with Gasteiger partial charge in [0.2, 0.25) is 0 Å². The summed E-state index contributed by atoms with van der Waals surface area (Å²) in [5.74, 6) is 0.0256. The van der Waals surface area contributed by atoms with E-state index in [-0.39, 0.29) is 11.8 Å². The zero-order valence-electron chi connectivity index (χ0n) is 11.0. The monoisotopic (exact) mass is 262 g/mol. The van der Waals surface area contributed by atoms with Gasteiger partial charge in [-0.05, 0) is 28.7 Å². The normalized spacial score (nSPS) is 24.6. The summed E-state index contributed by atoms with van der Waals surface area (Å²) in [4.78, 5) is 23.4. The second-order valence-corrected chi connectivity index (χ2v) is 5.80. The smallest absolute Gasteiger partial charge is 0.134 e. The molecule has 0 unspecified atom stereocenters. The van der Waals surface area contributed by atoms with Crippen LogP contribution in [0.3, 0.4) is 0 Å². The van der Waals surface area contributed by atoms with Crippen LogP contribution in [0.2, 0.25) is 0 Å². The van der Waals surface area contributed by atoms with Crippen molar-refractivity contribution in [2.45, 2.75) is 18.3 Å². The lowest BCUT2D eigenvalue weighted by molar-refractivity contribution is -0.128. The molecule has 3 aliphatic rings. The summed E-state index contributed by atoms with van der Waals surface area (Å²) < 4.78 is 0. The molecule has 2 bridgehead atoms. The molecule has 20 heavy (non-hydrogen) atoms. The first-order valence-corrected chi connectivity index (χ1v) is 6.91. The van der Waals surface area contributed by atoms with E-state index in [0.717, 1.165) is 23.7 Å². The molecule has 2 aromatic rings. The zero-order valence-corrected chi connectivity index (χ0v) is 11.0. The molecule has 2 nitrogen and oxygen atoms in total. The highest BCUT2D eigenvalue weighted by atomic mass is 16.1. The van der Waals surface area contributed by atoms with Crippen molar-refractivity contribution in [2.24, 2.45) is 5.41 Å². The van der Waals surface area contributed by atoms with Crippen molar-refractivity contribution in [1.29, 1.82) is 0 Å². The second kappa shape index (κ2) is 3.89. The van der Waals surface area contributed by atoms with Gasteiger partial charge in [0.15, 0.2) is 0 Å². The van der Waals surface area contributed by atoms with E-state index in [9.17, 15) is 9.59 Å². The van der Waals surface area contributed by atoms with Gasteiger partial charge in [-0.3, -0.25) is 0 Å². The van der Waals surface area contributed by atoms with Crippen LogP contribution in [-0.4, -0.2) is 12.6 Å².